The van der Waals surface area contributed by atoms with Crippen molar-refractivity contribution >= 4 is 5.91 Å². The first-order chi connectivity index (χ1) is 9.28. The van der Waals surface area contributed by atoms with Crippen LogP contribution in [0.2, 0.25) is 0 Å². The SMILES string of the molecule is COCC1(C(=O)N2CCCCCCC2)CCNCC1. The van der Waals surface area contributed by atoms with Gasteiger partial charge in [0, 0.05) is 20.2 Å². The summed E-state index contributed by atoms with van der Waals surface area (Å²) in [7, 11) is 1.71. The Bertz CT molecular complexity index is 274. The fraction of sp³-hybridized carbons (Fsp3) is 0.933. The van der Waals surface area contributed by atoms with Crippen LogP contribution in [-0.2, 0) is 9.53 Å². The molecule has 110 valence electrons. The van der Waals surface area contributed by atoms with E-state index in [9.17, 15) is 4.79 Å². The van der Waals surface area contributed by atoms with Gasteiger partial charge < -0.3 is 15.0 Å². The van der Waals surface area contributed by atoms with E-state index in [0.29, 0.717) is 12.5 Å². The van der Waals surface area contributed by atoms with Crippen molar-refractivity contribution in [1.82, 2.24) is 10.2 Å². The number of hydrogen-bond acceptors (Lipinski definition) is 3. The maximum atomic E-state index is 12.9. The zero-order chi connectivity index (χ0) is 13.6. The number of hydrogen-bond donors (Lipinski definition) is 1. The highest BCUT2D eigenvalue weighted by Crippen LogP contribution is 2.32. The first kappa shape index (κ1) is 14.8. The Morgan fingerprint density at radius 3 is 2.26 bits per heavy atom. The number of carbonyl (C=O) groups excluding carboxylic acids is 1. The van der Waals surface area contributed by atoms with Crippen LogP contribution in [0.15, 0.2) is 0 Å². The van der Waals surface area contributed by atoms with Gasteiger partial charge in [0.15, 0.2) is 0 Å². The number of nitrogens with zero attached hydrogens (tertiary/aromatic N) is 1. The Kier molecular flexibility index (Phi) is 5.64. The van der Waals surface area contributed by atoms with Crippen LogP contribution in [0.5, 0.6) is 0 Å². The van der Waals surface area contributed by atoms with Crippen LogP contribution in [-0.4, -0.2) is 50.7 Å². The minimum atomic E-state index is -0.265. The molecular formula is C15H28N2O2. The number of nitrogens with one attached hydrogen (secondary N) is 1. The molecule has 2 aliphatic rings. The number of methoxy groups -OCH3 is 1. The molecule has 2 heterocycles. The minimum absolute atomic E-state index is 0.265. The van der Waals surface area contributed by atoms with Crippen molar-refractivity contribution in [1.29, 1.82) is 0 Å². The van der Waals surface area contributed by atoms with Gasteiger partial charge in [-0.2, -0.15) is 0 Å². The second-order valence-electron chi connectivity index (χ2n) is 6.02. The number of likely N-dealkylation sites (tertiary alicyclic amines) is 1. The van der Waals surface area contributed by atoms with E-state index in [1.807, 2.05) is 0 Å². The molecule has 4 heteroatoms. The van der Waals surface area contributed by atoms with Crippen LogP contribution < -0.4 is 5.32 Å². The number of ether oxygens (including phenoxy) is 1. The molecule has 0 bridgehead atoms. The van der Waals surface area contributed by atoms with Gasteiger partial charge in [0.25, 0.3) is 0 Å². The van der Waals surface area contributed by atoms with Crippen LogP contribution in [0.3, 0.4) is 0 Å². The van der Waals surface area contributed by atoms with Crippen molar-refractivity contribution in [2.24, 2.45) is 5.41 Å². The molecule has 0 unspecified atom stereocenters. The zero-order valence-corrected chi connectivity index (χ0v) is 12.2. The van der Waals surface area contributed by atoms with Gasteiger partial charge in [0.2, 0.25) is 5.91 Å². The number of piperidine rings is 1. The van der Waals surface area contributed by atoms with E-state index in [4.69, 9.17) is 4.74 Å². The average Bonchev–Trinajstić information content (AvgIpc) is 2.39. The summed E-state index contributed by atoms with van der Waals surface area (Å²) in [5.41, 5.74) is -0.265. The lowest BCUT2D eigenvalue weighted by atomic mass is 9.78. The molecule has 0 radical (unpaired) electrons. The lowest BCUT2D eigenvalue weighted by molar-refractivity contribution is -0.148. The summed E-state index contributed by atoms with van der Waals surface area (Å²) in [5, 5.41) is 3.35. The molecule has 0 spiro atoms. The van der Waals surface area contributed by atoms with Crippen LogP contribution in [0.25, 0.3) is 0 Å². The van der Waals surface area contributed by atoms with Crippen LogP contribution in [0, 0.1) is 5.41 Å². The lowest BCUT2D eigenvalue weighted by Crippen LogP contribution is -2.52. The van der Waals surface area contributed by atoms with Gasteiger partial charge in [-0.05, 0) is 38.8 Å². The van der Waals surface area contributed by atoms with Crippen molar-refractivity contribution in [3.8, 4) is 0 Å². The molecule has 2 fully saturated rings. The Balaban J connectivity index is 2.04. The van der Waals surface area contributed by atoms with Crippen molar-refractivity contribution in [3.05, 3.63) is 0 Å². The highest BCUT2D eigenvalue weighted by molar-refractivity contribution is 5.83. The molecule has 2 rings (SSSR count). The monoisotopic (exact) mass is 268 g/mol. The van der Waals surface area contributed by atoms with E-state index in [-0.39, 0.29) is 5.41 Å². The third-order valence-electron chi connectivity index (χ3n) is 4.58. The molecule has 2 saturated heterocycles. The van der Waals surface area contributed by atoms with Gasteiger partial charge in [-0.1, -0.05) is 19.3 Å². The van der Waals surface area contributed by atoms with Crippen molar-refractivity contribution in [2.75, 3.05) is 39.9 Å². The molecule has 0 aromatic heterocycles. The van der Waals surface area contributed by atoms with Gasteiger partial charge in [0.05, 0.1) is 12.0 Å². The Morgan fingerprint density at radius 2 is 1.68 bits per heavy atom. The van der Waals surface area contributed by atoms with E-state index >= 15 is 0 Å². The van der Waals surface area contributed by atoms with E-state index < -0.39 is 0 Å². The van der Waals surface area contributed by atoms with Gasteiger partial charge in [-0.25, -0.2) is 0 Å². The molecule has 0 aromatic rings. The number of carbonyl (C=O) groups is 1. The fourth-order valence-corrected chi connectivity index (χ4v) is 3.39. The van der Waals surface area contributed by atoms with Gasteiger partial charge >= 0.3 is 0 Å². The lowest BCUT2D eigenvalue weighted by Gasteiger charge is -2.40. The summed E-state index contributed by atoms with van der Waals surface area (Å²) in [4.78, 5) is 15.1. The molecule has 1 N–H and O–H groups in total. The van der Waals surface area contributed by atoms with E-state index in [2.05, 4.69) is 10.2 Å². The van der Waals surface area contributed by atoms with E-state index in [1.54, 1.807) is 7.11 Å². The highest BCUT2D eigenvalue weighted by Gasteiger charge is 2.42. The second-order valence-corrected chi connectivity index (χ2v) is 6.02. The normalized spacial score (nSPS) is 24.6. The smallest absolute Gasteiger partial charge is 0.231 e. The third kappa shape index (κ3) is 3.69. The molecule has 19 heavy (non-hydrogen) atoms. The second kappa shape index (κ2) is 7.25. The van der Waals surface area contributed by atoms with Gasteiger partial charge in [0.1, 0.15) is 0 Å². The summed E-state index contributed by atoms with van der Waals surface area (Å²) < 4.78 is 5.38. The zero-order valence-electron chi connectivity index (χ0n) is 12.2. The first-order valence-corrected chi connectivity index (χ1v) is 7.77. The molecule has 1 amide bonds. The summed E-state index contributed by atoms with van der Waals surface area (Å²) >= 11 is 0. The van der Waals surface area contributed by atoms with E-state index in [1.165, 1.54) is 19.3 Å². The van der Waals surface area contributed by atoms with Crippen LogP contribution in [0.4, 0.5) is 0 Å². The maximum absolute atomic E-state index is 12.9. The molecule has 4 nitrogen and oxygen atoms in total. The molecule has 2 aliphatic heterocycles. The summed E-state index contributed by atoms with van der Waals surface area (Å²) in [5.74, 6) is 0.345. The van der Waals surface area contributed by atoms with Gasteiger partial charge in [-0.3, -0.25) is 4.79 Å². The summed E-state index contributed by atoms with van der Waals surface area (Å²) in [6.07, 6.45) is 8.01. The predicted octanol–water partition coefficient (Wildman–Crippen LogP) is 1.80. The predicted molar refractivity (Wildman–Crippen MR) is 76.1 cm³/mol. The van der Waals surface area contributed by atoms with Crippen molar-refractivity contribution in [2.45, 2.75) is 44.9 Å². The van der Waals surface area contributed by atoms with Gasteiger partial charge in [-0.15, -0.1) is 0 Å². The molecule has 0 aromatic carbocycles. The third-order valence-corrected chi connectivity index (χ3v) is 4.58. The van der Waals surface area contributed by atoms with Crippen molar-refractivity contribution < 1.29 is 9.53 Å². The number of rotatable bonds is 3. The molecular weight excluding hydrogens is 240 g/mol. The van der Waals surface area contributed by atoms with E-state index in [0.717, 1.165) is 51.9 Å². The Labute approximate surface area is 116 Å². The quantitative estimate of drug-likeness (QED) is 0.848. The van der Waals surface area contributed by atoms with Crippen LogP contribution >= 0.6 is 0 Å². The Hall–Kier alpha value is -0.610. The molecule has 0 saturated carbocycles. The van der Waals surface area contributed by atoms with Crippen molar-refractivity contribution in [3.63, 3.8) is 0 Å². The Morgan fingerprint density at radius 1 is 1.11 bits per heavy atom. The topological polar surface area (TPSA) is 41.6 Å². The first-order valence-electron chi connectivity index (χ1n) is 7.77. The van der Waals surface area contributed by atoms with Crippen LogP contribution in [0.1, 0.15) is 44.9 Å². The largest absolute Gasteiger partial charge is 0.384 e. The fourth-order valence-electron chi connectivity index (χ4n) is 3.39. The number of amides is 1. The maximum Gasteiger partial charge on any atom is 0.231 e. The summed E-state index contributed by atoms with van der Waals surface area (Å²) in [6, 6.07) is 0. The average molecular weight is 268 g/mol. The minimum Gasteiger partial charge on any atom is -0.384 e. The molecule has 0 atom stereocenters. The standard InChI is InChI=1S/C15H28N2O2/c1-19-13-15(7-9-16-10-8-15)14(18)17-11-5-3-2-4-6-12-17/h16H,2-13H2,1H3. The highest BCUT2D eigenvalue weighted by atomic mass is 16.5. The summed E-state index contributed by atoms with van der Waals surface area (Å²) in [6.45, 7) is 4.32. The molecule has 0 aliphatic carbocycles.